The number of carbonyl (C=O) groups excluding carboxylic acids is 2. The number of rotatable bonds is 7. The van der Waals surface area contributed by atoms with Crippen molar-refractivity contribution in [1.82, 2.24) is 10.6 Å². The molecule has 2 N–H and O–H groups in total. The Kier molecular flexibility index (Phi) is 7.69. The first kappa shape index (κ1) is 21.3. The van der Waals surface area contributed by atoms with Crippen LogP contribution in [0.3, 0.4) is 0 Å². The second-order valence-corrected chi connectivity index (χ2v) is 7.76. The van der Waals surface area contributed by atoms with E-state index in [1.807, 2.05) is 51.1 Å². The van der Waals surface area contributed by atoms with Gasteiger partial charge in [-0.05, 0) is 43.0 Å². The molecule has 0 unspecified atom stereocenters. The summed E-state index contributed by atoms with van der Waals surface area (Å²) in [6, 6.07) is 13.5. The van der Waals surface area contributed by atoms with Gasteiger partial charge in [0.25, 0.3) is 5.91 Å². The Morgan fingerprint density at radius 3 is 2.22 bits per heavy atom. The van der Waals surface area contributed by atoms with Crippen molar-refractivity contribution in [2.45, 2.75) is 39.3 Å². The number of hydrogen-bond donors (Lipinski definition) is 2. The molecule has 144 valence electrons. The molecule has 0 bridgehead atoms. The third-order valence-electron chi connectivity index (χ3n) is 4.16. The lowest BCUT2D eigenvalue weighted by atomic mass is 10.0. The molecule has 2 rings (SSSR count). The molecular formula is C21H24Cl2N2O2. The van der Waals surface area contributed by atoms with Gasteiger partial charge in [-0.3, -0.25) is 9.59 Å². The van der Waals surface area contributed by atoms with Crippen LogP contribution in [0, 0.1) is 5.92 Å². The van der Waals surface area contributed by atoms with Crippen molar-refractivity contribution in [2.24, 2.45) is 5.92 Å². The number of halogens is 2. The Labute approximate surface area is 170 Å². The minimum absolute atomic E-state index is 0.163. The Bertz CT molecular complexity index is 794. The van der Waals surface area contributed by atoms with Gasteiger partial charge in [-0.25, -0.2) is 0 Å². The van der Waals surface area contributed by atoms with E-state index in [2.05, 4.69) is 10.6 Å². The molecule has 0 heterocycles. The van der Waals surface area contributed by atoms with E-state index in [-0.39, 0.29) is 22.9 Å². The van der Waals surface area contributed by atoms with Crippen LogP contribution < -0.4 is 10.6 Å². The van der Waals surface area contributed by atoms with Crippen molar-refractivity contribution in [3.63, 3.8) is 0 Å². The molecule has 6 heteroatoms. The maximum absolute atomic E-state index is 12.8. The molecule has 0 saturated carbocycles. The van der Waals surface area contributed by atoms with E-state index in [4.69, 9.17) is 23.2 Å². The largest absolute Gasteiger partial charge is 0.348 e. The van der Waals surface area contributed by atoms with E-state index in [0.29, 0.717) is 17.0 Å². The van der Waals surface area contributed by atoms with Gasteiger partial charge in [0.05, 0.1) is 16.6 Å². The van der Waals surface area contributed by atoms with Crippen LogP contribution >= 0.6 is 23.2 Å². The molecule has 2 aromatic carbocycles. The first-order valence-corrected chi connectivity index (χ1v) is 9.64. The summed E-state index contributed by atoms with van der Waals surface area (Å²) in [6.45, 7) is 5.92. The monoisotopic (exact) mass is 406 g/mol. The number of hydrogen-bond acceptors (Lipinski definition) is 2. The predicted molar refractivity (Wildman–Crippen MR) is 110 cm³/mol. The highest BCUT2D eigenvalue weighted by Gasteiger charge is 2.24. The standard InChI is InChI=1S/C21H24Cl2N2O2/c1-13(2)11-19(21(27)24-14(3)15-7-5-4-6-8-15)25-20(26)17-10-9-16(22)12-18(17)23/h4-10,12-14,19H,11H2,1-3H3,(H,24,27)(H,25,26)/t14-,19-/m0/s1. The SMILES string of the molecule is CC(C)C[C@H](NC(=O)c1ccc(Cl)cc1Cl)C(=O)N[C@@H](C)c1ccccc1. The Hall–Kier alpha value is -2.04. The topological polar surface area (TPSA) is 58.2 Å². The smallest absolute Gasteiger partial charge is 0.253 e. The van der Waals surface area contributed by atoms with Gasteiger partial charge in [-0.2, -0.15) is 0 Å². The third-order valence-corrected chi connectivity index (χ3v) is 4.71. The van der Waals surface area contributed by atoms with Gasteiger partial charge in [0, 0.05) is 5.02 Å². The first-order chi connectivity index (χ1) is 12.8. The summed E-state index contributed by atoms with van der Waals surface area (Å²) in [4.78, 5) is 25.4. The molecule has 2 amide bonds. The van der Waals surface area contributed by atoms with Crippen LogP contribution in [-0.4, -0.2) is 17.9 Å². The summed E-state index contributed by atoms with van der Waals surface area (Å²) in [5.74, 6) is -0.392. The summed E-state index contributed by atoms with van der Waals surface area (Å²) in [6.07, 6.45) is 0.518. The molecule has 0 spiro atoms. The number of nitrogens with one attached hydrogen (secondary N) is 2. The van der Waals surface area contributed by atoms with E-state index < -0.39 is 11.9 Å². The minimum Gasteiger partial charge on any atom is -0.348 e. The third kappa shape index (κ3) is 6.26. The van der Waals surface area contributed by atoms with Gasteiger partial charge in [-0.15, -0.1) is 0 Å². The normalized spacial score (nSPS) is 13.1. The van der Waals surface area contributed by atoms with Gasteiger partial charge in [0.1, 0.15) is 6.04 Å². The zero-order valence-corrected chi connectivity index (χ0v) is 17.1. The molecule has 2 aromatic rings. The molecule has 0 saturated heterocycles. The van der Waals surface area contributed by atoms with Gasteiger partial charge >= 0.3 is 0 Å². The van der Waals surface area contributed by atoms with Crippen molar-refractivity contribution in [2.75, 3.05) is 0 Å². The van der Waals surface area contributed by atoms with Crippen LogP contribution in [0.2, 0.25) is 10.0 Å². The van der Waals surface area contributed by atoms with E-state index in [1.54, 1.807) is 12.1 Å². The molecular weight excluding hydrogens is 383 g/mol. The predicted octanol–water partition coefficient (Wildman–Crippen LogP) is 5.02. The summed E-state index contributed by atoms with van der Waals surface area (Å²) in [5, 5.41) is 6.48. The molecule has 0 fully saturated rings. The van der Waals surface area contributed by atoms with Crippen molar-refractivity contribution in [1.29, 1.82) is 0 Å². The van der Waals surface area contributed by atoms with Crippen LogP contribution in [0.4, 0.5) is 0 Å². The van der Waals surface area contributed by atoms with E-state index >= 15 is 0 Å². The van der Waals surface area contributed by atoms with Gasteiger partial charge in [0.2, 0.25) is 5.91 Å². The molecule has 27 heavy (non-hydrogen) atoms. The second kappa shape index (κ2) is 9.77. The highest BCUT2D eigenvalue weighted by atomic mass is 35.5. The molecule has 2 atom stereocenters. The fraction of sp³-hybridized carbons (Fsp3) is 0.333. The fourth-order valence-corrected chi connectivity index (χ4v) is 3.25. The van der Waals surface area contributed by atoms with Crippen LogP contribution in [0.25, 0.3) is 0 Å². The molecule has 0 aliphatic rings. The van der Waals surface area contributed by atoms with Crippen molar-refractivity contribution < 1.29 is 9.59 Å². The van der Waals surface area contributed by atoms with Gasteiger partial charge < -0.3 is 10.6 Å². The lowest BCUT2D eigenvalue weighted by Gasteiger charge is -2.23. The molecule has 0 aliphatic heterocycles. The zero-order chi connectivity index (χ0) is 20.0. The average molecular weight is 407 g/mol. The molecule has 0 aromatic heterocycles. The zero-order valence-electron chi connectivity index (χ0n) is 15.6. The van der Waals surface area contributed by atoms with Crippen molar-refractivity contribution in [3.8, 4) is 0 Å². The van der Waals surface area contributed by atoms with Crippen LogP contribution in [0.1, 0.15) is 49.2 Å². The first-order valence-electron chi connectivity index (χ1n) is 8.89. The van der Waals surface area contributed by atoms with E-state index in [1.165, 1.54) is 6.07 Å². The average Bonchev–Trinajstić information content (AvgIpc) is 2.61. The number of amides is 2. The lowest BCUT2D eigenvalue weighted by molar-refractivity contribution is -0.124. The minimum atomic E-state index is -0.657. The fourth-order valence-electron chi connectivity index (χ4n) is 2.75. The number of benzene rings is 2. The van der Waals surface area contributed by atoms with Crippen LogP contribution in [-0.2, 0) is 4.79 Å². The van der Waals surface area contributed by atoms with Gasteiger partial charge in [0.15, 0.2) is 0 Å². The summed E-state index contributed by atoms with van der Waals surface area (Å²) < 4.78 is 0. The lowest BCUT2D eigenvalue weighted by Crippen LogP contribution is -2.48. The number of carbonyl (C=O) groups is 2. The molecule has 0 aliphatic carbocycles. The summed E-state index contributed by atoms with van der Waals surface area (Å²) in [7, 11) is 0. The maximum Gasteiger partial charge on any atom is 0.253 e. The molecule has 4 nitrogen and oxygen atoms in total. The quantitative estimate of drug-likeness (QED) is 0.678. The van der Waals surface area contributed by atoms with Crippen molar-refractivity contribution in [3.05, 3.63) is 69.7 Å². The summed E-state index contributed by atoms with van der Waals surface area (Å²) in [5.41, 5.74) is 1.29. The van der Waals surface area contributed by atoms with Gasteiger partial charge in [-0.1, -0.05) is 67.4 Å². The second-order valence-electron chi connectivity index (χ2n) is 6.92. The maximum atomic E-state index is 12.8. The highest BCUT2D eigenvalue weighted by Crippen LogP contribution is 2.21. The van der Waals surface area contributed by atoms with Crippen LogP contribution in [0.15, 0.2) is 48.5 Å². The Morgan fingerprint density at radius 1 is 0.963 bits per heavy atom. The Balaban J connectivity index is 2.11. The Morgan fingerprint density at radius 2 is 1.63 bits per heavy atom. The summed E-state index contributed by atoms with van der Waals surface area (Å²) >= 11 is 12.0. The van der Waals surface area contributed by atoms with Crippen LogP contribution in [0.5, 0.6) is 0 Å². The van der Waals surface area contributed by atoms with Crippen molar-refractivity contribution >= 4 is 35.0 Å². The van der Waals surface area contributed by atoms with E-state index in [0.717, 1.165) is 5.56 Å². The molecule has 0 radical (unpaired) electrons. The highest BCUT2D eigenvalue weighted by molar-refractivity contribution is 6.36. The van der Waals surface area contributed by atoms with E-state index in [9.17, 15) is 9.59 Å².